The van der Waals surface area contributed by atoms with Gasteiger partial charge in [-0.3, -0.25) is 4.79 Å². The molecule has 1 aliphatic rings. The van der Waals surface area contributed by atoms with E-state index in [2.05, 4.69) is 4.98 Å². The Morgan fingerprint density at radius 3 is 2.83 bits per heavy atom. The second-order valence-electron chi connectivity index (χ2n) is 4.50. The number of aromatic nitrogens is 2. The van der Waals surface area contributed by atoms with Crippen molar-refractivity contribution in [3.63, 3.8) is 0 Å². The predicted octanol–water partition coefficient (Wildman–Crippen LogP) is 1.83. The summed E-state index contributed by atoms with van der Waals surface area (Å²) in [6.45, 7) is 3.69. The maximum absolute atomic E-state index is 12.3. The molecule has 1 amide bonds. The van der Waals surface area contributed by atoms with Crippen molar-refractivity contribution in [1.29, 1.82) is 0 Å². The van der Waals surface area contributed by atoms with Crippen LogP contribution in [-0.2, 0) is 0 Å². The molecule has 94 valence electrons. The molecule has 5 heteroatoms. The lowest BCUT2D eigenvalue weighted by molar-refractivity contribution is 0.0767. The van der Waals surface area contributed by atoms with Crippen LogP contribution in [0, 0.1) is 6.92 Å². The molecular weight excluding hydrogens is 246 g/mol. The zero-order chi connectivity index (χ0) is 12.5. The molecule has 0 bridgehead atoms. The van der Waals surface area contributed by atoms with Gasteiger partial charge < -0.3 is 9.30 Å². The summed E-state index contributed by atoms with van der Waals surface area (Å²) in [5, 5.41) is 0. The number of carbonyl (C=O) groups excluding carboxylic acids is 1. The molecule has 0 aromatic carbocycles. The molecular formula is C13H15N3OS. The predicted molar refractivity (Wildman–Crippen MR) is 73.2 cm³/mol. The van der Waals surface area contributed by atoms with Gasteiger partial charge >= 0.3 is 0 Å². The van der Waals surface area contributed by atoms with Crippen molar-refractivity contribution in [2.24, 2.45) is 0 Å². The molecule has 1 aliphatic heterocycles. The first-order valence-electron chi connectivity index (χ1n) is 6.06. The maximum atomic E-state index is 12.3. The minimum atomic E-state index is 0.0525. The number of rotatable bonds is 1. The summed E-state index contributed by atoms with van der Waals surface area (Å²) in [5.74, 6) is 2.10. The van der Waals surface area contributed by atoms with E-state index < -0.39 is 0 Å². The highest BCUT2D eigenvalue weighted by molar-refractivity contribution is 7.99. The van der Waals surface area contributed by atoms with Crippen LogP contribution >= 0.6 is 11.8 Å². The number of carbonyl (C=O) groups is 1. The molecule has 18 heavy (non-hydrogen) atoms. The van der Waals surface area contributed by atoms with Crippen LogP contribution in [-0.4, -0.2) is 44.8 Å². The fraction of sp³-hybridized carbons (Fsp3) is 0.385. The Morgan fingerprint density at radius 2 is 2.06 bits per heavy atom. The normalized spacial score (nSPS) is 16.2. The number of hydrogen-bond acceptors (Lipinski definition) is 3. The number of nitrogens with zero attached hydrogens (tertiary/aromatic N) is 3. The number of imidazole rings is 1. The van der Waals surface area contributed by atoms with E-state index in [0.717, 1.165) is 35.8 Å². The second kappa shape index (κ2) is 4.65. The Morgan fingerprint density at radius 1 is 1.28 bits per heavy atom. The fourth-order valence-corrected chi connectivity index (χ4v) is 3.04. The van der Waals surface area contributed by atoms with Gasteiger partial charge in [-0.1, -0.05) is 6.07 Å². The summed E-state index contributed by atoms with van der Waals surface area (Å²) in [7, 11) is 0. The Hall–Kier alpha value is -1.49. The SMILES string of the molecule is Cc1ccc2nc(C(=O)N3CCSCC3)cn2c1. The molecule has 1 saturated heterocycles. The van der Waals surface area contributed by atoms with Crippen LogP contribution in [0.25, 0.3) is 5.65 Å². The molecule has 3 rings (SSSR count). The van der Waals surface area contributed by atoms with Crippen LogP contribution in [0.1, 0.15) is 16.1 Å². The van der Waals surface area contributed by atoms with Gasteiger partial charge in [-0.25, -0.2) is 4.98 Å². The number of fused-ring (bicyclic) bond motifs is 1. The first kappa shape index (κ1) is 11.6. The zero-order valence-corrected chi connectivity index (χ0v) is 11.1. The fourth-order valence-electron chi connectivity index (χ4n) is 2.13. The minimum Gasteiger partial charge on any atom is -0.336 e. The second-order valence-corrected chi connectivity index (χ2v) is 5.73. The highest BCUT2D eigenvalue weighted by Crippen LogP contribution is 2.14. The van der Waals surface area contributed by atoms with E-state index in [1.807, 2.05) is 52.5 Å². The minimum absolute atomic E-state index is 0.0525. The lowest BCUT2D eigenvalue weighted by Crippen LogP contribution is -2.38. The van der Waals surface area contributed by atoms with Crippen LogP contribution in [0.4, 0.5) is 0 Å². The van der Waals surface area contributed by atoms with Crippen molar-refractivity contribution in [3.8, 4) is 0 Å². The Bertz CT molecular complexity index is 587. The summed E-state index contributed by atoms with van der Waals surface area (Å²) in [6.07, 6.45) is 3.82. The summed E-state index contributed by atoms with van der Waals surface area (Å²) >= 11 is 1.90. The molecule has 3 heterocycles. The number of hydrogen-bond donors (Lipinski definition) is 0. The van der Waals surface area contributed by atoms with Crippen LogP contribution < -0.4 is 0 Å². The summed E-state index contributed by atoms with van der Waals surface area (Å²) < 4.78 is 1.92. The van der Waals surface area contributed by atoms with Crippen molar-refractivity contribution >= 4 is 23.3 Å². The Balaban J connectivity index is 1.91. The standard InChI is InChI=1S/C13H15N3OS/c1-10-2-3-12-14-11(9-16(12)8-10)13(17)15-4-6-18-7-5-15/h2-3,8-9H,4-7H2,1H3. The average Bonchev–Trinajstić information content (AvgIpc) is 2.81. The molecule has 0 atom stereocenters. The summed E-state index contributed by atoms with van der Waals surface area (Å²) in [5.41, 5.74) is 2.54. The summed E-state index contributed by atoms with van der Waals surface area (Å²) in [4.78, 5) is 18.6. The van der Waals surface area contributed by atoms with E-state index in [0.29, 0.717) is 5.69 Å². The largest absolute Gasteiger partial charge is 0.336 e. The molecule has 0 saturated carbocycles. The monoisotopic (exact) mass is 261 g/mol. The highest BCUT2D eigenvalue weighted by atomic mass is 32.2. The van der Waals surface area contributed by atoms with Crippen LogP contribution in [0.3, 0.4) is 0 Å². The first-order valence-corrected chi connectivity index (χ1v) is 7.22. The smallest absolute Gasteiger partial charge is 0.274 e. The number of thioether (sulfide) groups is 1. The Labute approximate surface area is 110 Å². The van der Waals surface area contributed by atoms with Crippen molar-refractivity contribution in [2.75, 3.05) is 24.6 Å². The van der Waals surface area contributed by atoms with Crippen molar-refractivity contribution in [3.05, 3.63) is 35.8 Å². The molecule has 0 radical (unpaired) electrons. The third kappa shape index (κ3) is 2.10. The van der Waals surface area contributed by atoms with E-state index in [1.165, 1.54) is 0 Å². The third-order valence-electron chi connectivity index (χ3n) is 3.12. The maximum Gasteiger partial charge on any atom is 0.274 e. The van der Waals surface area contributed by atoms with E-state index in [-0.39, 0.29) is 5.91 Å². The quantitative estimate of drug-likeness (QED) is 0.786. The topological polar surface area (TPSA) is 37.6 Å². The van der Waals surface area contributed by atoms with E-state index in [9.17, 15) is 4.79 Å². The summed E-state index contributed by atoms with van der Waals surface area (Å²) in [6, 6.07) is 3.95. The van der Waals surface area contributed by atoms with E-state index in [1.54, 1.807) is 0 Å². The zero-order valence-electron chi connectivity index (χ0n) is 10.3. The van der Waals surface area contributed by atoms with Gasteiger partial charge in [0.05, 0.1) is 0 Å². The number of pyridine rings is 1. The highest BCUT2D eigenvalue weighted by Gasteiger charge is 2.20. The molecule has 2 aromatic heterocycles. The van der Waals surface area contributed by atoms with Gasteiger partial charge in [-0.05, 0) is 18.6 Å². The Kier molecular flexibility index (Phi) is 2.99. The van der Waals surface area contributed by atoms with Crippen LogP contribution in [0.5, 0.6) is 0 Å². The van der Waals surface area contributed by atoms with Gasteiger partial charge in [0.2, 0.25) is 0 Å². The molecule has 4 nitrogen and oxygen atoms in total. The van der Waals surface area contributed by atoms with Gasteiger partial charge in [-0.2, -0.15) is 11.8 Å². The molecule has 0 spiro atoms. The lowest BCUT2D eigenvalue weighted by atomic mass is 10.3. The van der Waals surface area contributed by atoms with Crippen LogP contribution in [0.2, 0.25) is 0 Å². The molecule has 0 unspecified atom stereocenters. The van der Waals surface area contributed by atoms with E-state index >= 15 is 0 Å². The van der Waals surface area contributed by atoms with Crippen LogP contribution in [0.15, 0.2) is 24.5 Å². The third-order valence-corrected chi connectivity index (χ3v) is 4.06. The van der Waals surface area contributed by atoms with Crippen molar-refractivity contribution in [2.45, 2.75) is 6.92 Å². The van der Waals surface area contributed by atoms with Gasteiger partial charge in [0, 0.05) is 37.0 Å². The molecule has 1 fully saturated rings. The van der Waals surface area contributed by atoms with Crippen molar-refractivity contribution in [1.82, 2.24) is 14.3 Å². The molecule has 0 aliphatic carbocycles. The first-order chi connectivity index (χ1) is 8.74. The molecule has 2 aromatic rings. The van der Waals surface area contributed by atoms with Gasteiger partial charge in [-0.15, -0.1) is 0 Å². The molecule has 0 N–H and O–H groups in total. The van der Waals surface area contributed by atoms with E-state index in [4.69, 9.17) is 0 Å². The van der Waals surface area contributed by atoms with Crippen molar-refractivity contribution < 1.29 is 4.79 Å². The number of amides is 1. The average molecular weight is 261 g/mol. The lowest BCUT2D eigenvalue weighted by Gasteiger charge is -2.25. The van der Waals surface area contributed by atoms with Gasteiger partial charge in [0.1, 0.15) is 11.3 Å². The van der Waals surface area contributed by atoms with Gasteiger partial charge in [0.25, 0.3) is 5.91 Å². The van der Waals surface area contributed by atoms with Gasteiger partial charge in [0.15, 0.2) is 0 Å². The number of aryl methyl sites for hydroxylation is 1.